The molecule has 0 radical (unpaired) electrons. The maximum atomic E-state index is 13.6. The first-order valence-corrected chi connectivity index (χ1v) is 13.4. The highest BCUT2D eigenvalue weighted by molar-refractivity contribution is 9.10. The third kappa shape index (κ3) is 8.09. The summed E-state index contributed by atoms with van der Waals surface area (Å²) >= 11 is 3.32. The van der Waals surface area contributed by atoms with Crippen molar-refractivity contribution in [2.75, 3.05) is 17.1 Å². The average Bonchev–Trinajstić information content (AvgIpc) is 2.71. The first-order chi connectivity index (χ1) is 15.7. The van der Waals surface area contributed by atoms with Gasteiger partial charge >= 0.3 is 0 Å². The number of halogens is 2. The van der Waals surface area contributed by atoms with Gasteiger partial charge < -0.3 is 10.2 Å². The smallest absolute Gasteiger partial charge is 0.244 e. The Kier molecular flexibility index (Phi) is 9.24. The van der Waals surface area contributed by atoms with Crippen molar-refractivity contribution in [2.45, 2.75) is 52.2 Å². The molecule has 186 valence electrons. The lowest BCUT2D eigenvalue weighted by atomic mass is 10.1. The first kappa shape index (κ1) is 27.8. The van der Waals surface area contributed by atoms with E-state index in [0.29, 0.717) is 22.1 Å². The Balaban J connectivity index is 2.45. The van der Waals surface area contributed by atoms with Gasteiger partial charge in [-0.15, -0.1) is 0 Å². The van der Waals surface area contributed by atoms with Crippen molar-refractivity contribution in [1.82, 2.24) is 10.2 Å². The van der Waals surface area contributed by atoms with Gasteiger partial charge in [-0.1, -0.05) is 41.1 Å². The molecule has 0 heterocycles. The largest absolute Gasteiger partial charge is 0.350 e. The zero-order valence-corrected chi connectivity index (χ0v) is 22.4. The van der Waals surface area contributed by atoms with Crippen molar-refractivity contribution < 1.29 is 22.4 Å². The van der Waals surface area contributed by atoms with Gasteiger partial charge in [-0.2, -0.15) is 0 Å². The highest BCUT2D eigenvalue weighted by atomic mass is 79.9. The van der Waals surface area contributed by atoms with Crippen molar-refractivity contribution in [3.05, 3.63) is 64.4 Å². The van der Waals surface area contributed by atoms with Crippen LogP contribution in [0, 0.1) is 5.82 Å². The second-order valence-corrected chi connectivity index (χ2v) is 11.9. The summed E-state index contributed by atoms with van der Waals surface area (Å²) in [4.78, 5) is 28.0. The predicted octanol–water partition coefficient (Wildman–Crippen LogP) is 4.08. The number of benzene rings is 2. The highest BCUT2D eigenvalue weighted by Crippen LogP contribution is 2.23. The average molecular weight is 556 g/mol. The summed E-state index contributed by atoms with van der Waals surface area (Å²) < 4.78 is 40.2. The molecule has 0 aliphatic heterocycles. The molecule has 0 aromatic heterocycles. The molecule has 2 rings (SSSR count). The fourth-order valence-electron chi connectivity index (χ4n) is 3.40. The summed E-state index contributed by atoms with van der Waals surface area (Å²) in [5.41, 5.74) is 0.411. The first-order valence-electron chi connectivity index (χ1n) is 10.8. The summed E-state index contributed by atoms with van der Waals surface area (Å²) in [6, 6.07) is 11.4. The Bertz CT molecular complexity index is 1120. The molecule has 2 amide bonds. The van der Waals surface area contributed by atoms with Crippen LogP contribution in [0.25, 0.3) is 0 Å². The number of nitrogens with one attached hydrogen (secondary N) is 1. The monoisotopic (exact) mass is 555 g/mol. The molecule has 0 saturated carbocycles. The number of anilines is 1. The summed E-state index contributed by atoms with van der Waals surface area (Å²) in [6.45, 7) is 6.81. The molecule has 34 heavy (non-hydrogen) atoms. The number of hydrogen-bond donors (Lipinski definition) is 1. The predicted molar refractivity (Wildman–Crippen MR) is 135 cm³/mol. The third-order valence-corrected chi connectivity index (χ3v) is 6.56. The van der Waals surface area contributed by atoms with Crippen molar-refractivity contribution in [3.63, 3.8) is 0 Å². The second-order valence-electron chi connectivity index (χ2n) is 9.06. The minimum atomic E-state index is -3.81. The van der Waals surface area contributed by atoms with Crippen LogP contribution in [0.5, 0.6) is 0 Å². The minimum absolute atomic E-state index is 0.0191. The lowest BCUT2D eigenvalue weighted by Gasteiger charge is -2.34. The van der Waals surface area contributed by atoms with Crippen molar-refractivity contribution in [3.8, 4) is 0 Å². The lowest BCUT2D eigenvalue weighted by molar-refractivity contribution is -0.141. The van der Waals surface area contributed by atoms with Gasteiger partial charge in [-0.3, -0.25) is 13.9 Å². The summed E-state index contributed by atoms with van der Waals surface area (Å²) in [7, 11) is -3.81. The molecule has 1 atom stereocenters. The van der Waals surface area contributed by atoms with Crippen LogP contribution in [0.1, 0.15) is 39.7 Å². The fourth-order valence-corrected chi connectivity index (χ4v) is 4.63. The molecule has 0 spiro atoms. The molecule has 0 bridgehead atoms. The second kappa shape index (κ2) is 11.3. The Morgan fingerprint density at radius 2 is 1.74 bits per heavy atom. The number of nitrogens with zero attached hydrogens (tertiary/aromatic N) is 2. The van der Waals surface area contributed by atoms with Gasteiger partial charge in [-0.25, -0.2) is 12.8 Å². The molecule has 2 aromatic carbocycles. The van der Waals surface area contributed by atoms with Crippen LogP contribution in [0.3, 0.4) is 0 Å². The lowest BCUT2D eigenvalue weighted by Crippen LogP contribution is -2.55. The molecule has 0 fully saturated rings. The molecule has 7 nitrogen and oxygen atoms in total. The van der Waals surface area contributed by atoms with Crippen LogP contribution in [0.4, 0.5) is 10.1 Å². The quantitative estimate of drug-likeness (QED) is 0.505. The number of hydrogen-bond acceptors (Lipinski definition) is 4. The van der Waals surface area contributed by atoms with Crippen LogP contribution in [-0.4, -0.2) is 49.5 Å². The van der Waals surface area contributed by atoms with E-state index in [-0.39, 0.29) is 12.5 Å². The van der Waals surface area contributed by atoms with Gasteiger partial charge in [0.2, 0.25) is 21.8 Å². The van der Waals surface area contributed by atoms with E-state index >= 15 is 0 Å². The number of rotatable bonds is 9. The van der Waals surface area contributed by atoms with Crippen LogP contribution < -0.4 is 9.62 Å². The van der Waals surface area contributed by atoms with E-state index in [1.165, 1.54) is 29.2 Å². The fraction of sp³-hybridized carbons (Fsp3) is 0.417. The van der Waals surface area contributed by atoms with E-state index in [1.807, 2.05) is 20.8 Å². The molecular formula is C24H31BrFN3O4S. The molecule has 0 aliphatic rings. The van der Waals surface area contributed by atoms with Crippen LogP contribution >= 0.6 is 15.9 Å². The number of sulfonamides is 1. The van der Waals surface area contributed by atoms with Crippen molar-refractivity contribution in [2.24, 2.45) is 0 Å². The van der Waals surface area contributed by atoms with Gasteiger partial charge in [0.25, 0.3) is 0 Å². The molecule has 0 unspecified atom stereocenters. The molecule has 0 aliphatic carbocycles. The maximum absolute atomic E-state index is 13.6. The van der Waals surface area contributed by atoms with E-state index in [1.54, 1.807) is 31.2 Å². The zero-order chi connectivity index (χ0) is 25.7. The third-order valence-electron chi connectivity index (χ3n) is 4.93. The van der Waals surface area contributed by atoms with E-state index in [0.717, 1.165) is 10.6 Å². The van der Waals surface area contributed by atoms with E-state index in [4.69, 9.17) is 0 Å². The summed E-state index contributed by atoms with van der Waals surface area (Å²) in [6.07, 6.45) is 1.33. The molecular weight excluding hydrogens is 525 g/mol. The summed E-state index contributed by atoms with van der Waals surface area (Å²) in [5, 5.41) is 2.89. The van der Waals surface area contributed by atoms with Gasteiger partial charge in [0, 0.05) is 16.6 Å². The Hall–Kier alpha value is -2.46. The van der Waals surface area contributed by atoms with E-state index in [9.17, 15) is 22.4 Å². The maximum Gasteiger partial charge on any atom is 0.244 e. The minimum Gasteiger partial charge on any atom is -0.350 e. The highest BCUT2D eigenvalue weighted by Gasteiger charge is 2.33. The van der Waals surface area contributed by atoms with Crippen LogP contribution in [0.2, 0.25) is 0 Å². The topological polar surface area (TPSA) is 86.8 Å². The Labute approximate surface area is 209 Å². The van der Waals surface area contributed by atoms with Crippen LogP contribution in [0.15, 0.2) is 53.0 Å². The molecule has 10 heteroatoms. The standard InChI is InChI=1S/C24H31BrFN3O4S/c1-6-21(23(31)27-24(2,3)4)28(15-17-10-12-19(26)13-11-17)22(30)16-29(34(5,32)33)20-9-7-8-18(25)14-20/h7-14,21H,6,15-16H2,1-5H3,(H,27,31)/t21-/m0/s1. The van der Waals surface area contributed by atoms with Gasteiger partial charge in [-0.05, 0) is 63.1 Å². The van der Waals surface area contributed by atoms with E-state index < -0.39 is 39.9 Å². The van der Waals surface area contributed by atoms with Crippen molar-refractivity contribution in [1.29, 1.82) is 0 Å². The molecule has 1 N–H and O–H groups in total. The normalized spacial score (nSPS) is 12.7. The number of amides is 2. The van der Waals surface area contributed by atoms with Gasteiger partial charge in [0.1, 0.15) is 18.4 Å². The number of carbonyl (C=O) groups excluding carboxylic acids is 2. The Morgan fingerprint density at radius 1 is 1.12 bits per heavy atom. The number of carbonyl (C=O) groups is 2. The van der Waals surface area contributed by atoms with Crippen LogP contribution in [-0.2, 0) is 26.2 Å². The van der Waals surface area contributed by atoms with E-state index in [2.05, 4.69) is 21.2 Å². The zero-order valence-electron chi connectivity index (χ0n) is 20.0. The van der Waals surface area contributed by atoms with Gasteiger partial charge in [0.15, 0.2) is 0 Å². The van der Waals surface area contributed by atoms with Gasteiger partial charge in [0.05, 0.1) is 11.9 Å². The van der Waals surface area contributed by atoms with Crippen molar-refractivity contribution >= 4 is 43.5 Å². The SMILES string of the molecule is CC[C@@H](C(=O)NC(C)(C)C)N(Cc1ccc(F)cc1)C(=O)CN(c1cccc(Br)c1)S(C)(=O)=O. The summed E-state index contributed by atoms with van der Waals surface area (Å²) in [5.74, 6) is -1.32. The molecule has 0 saturated heterocycles. The molecule has 2 aromatic rings. The Morgan fingerprint density at radius 3 is 2.24 bits per heavy atom.